The molecule has 0 radical (unpaired) electrons. The molecule has 130 valence electrons. The van der Waals surface area contributed by atoms with Gasteiger partial charge in [0.1, 0.15) is 5.69 Å². The van der Waals surface area contributed by atoms with Gasteiger partial charge in [0.25, 0.3) is 0 Å². The van der Waals surface area contributed by atoms with Gasteiger partial charge in [-0.25, -0.2) is 0 Å². The predicted molar refractivity (Wildman–Crippen MR) is 95.9 cm³/mol. The monoisotopic (exact) mass is 338 g/mol. The Morgan fingerprint density at radius 3 is 2.60 bits per heavy atom. The average molecular weight is 338 g/mol. The summed E-state index contributed by atoms with van der Waals surface area (Å²) in [5.74, 6) is -0.0775. The number of benzene rings is 2. The van der Waals surface area contributed by atoms with Crippen molar-refractivity contribution in [3.63, 3.8) is 0 Å². The van der Waals surface area contributed by atoms with E-state index in [-0.39, 0.29) is 18.4 Å². The topological polar surface area (TPSA) is 64.4 Å². The Bertz CT molecular complexity index is 838. The van der Waals surface area contributed by atoms with Crippen LogP contribution in [0.4, 0.5) is 0 Å². The molecule has 1 aromatic heterocycles. The van der Waals surface area contributed by atoms with Gasteiger partial charge in [-0.3, -0.25) is 4.79 Å². The molecule has 2 aromatic carbocycles. The minimum absolute atomic E-state index is 0.0775. The minimum Gasteiger partial charge on any atom is -0.374 e. The van der Waals surface area contributed by atoms with E-state index < -0.39 is 0 Å². The van der Waals surface area contributed by atoms with Crippen molar-refractivity contribution in [1.82, 2.24) is 10.5 Å². The zero-order valence-corrected chi connectivity index (χ0v) is 14.5. The summed E-state index contributed by atoms with van der Waals surface area (Å²) < 4.78 is 10.8. The van der Waals surface area contributed by atoms with Crippen LogP contribution in [-0.2, 0) is 29.1 Å². The molecule has 1 N–H and O–H groups in total. The van der Waals surface area contributed by atoms with Crippen molar-refractivity contribution >= 4 is 16.9 Å². The van der Waals surface area contributed by atoms with Crippen LogP contribution in [0.5, 0.6) is 0 Å². The van der Waals surface area contributed by atoms with Gasteiger partial charge in [-0.1, -0.05) is 41.6 Å². The lowest BCUT2D eigenvalue weighted by atomic mass is 10.1. The van der Waals surface area contributed by atoms with E-state index in [2.05, 4.69) is 10.5 Å². The molecule has 1 amide bonds. The molecule has 0 aliphatic carbocycles. The number of para-hydroxylation sites is 1. The first-order chi connectivity index (χ1) is 12.1. The highest BCUT2D eigenvalue weighted by Gasteiger charge is 2.11. The minimum atomic E-state index is -0.0775. The zero-order valence-electron chi connectivity index (χ0n) is 14.5. The predicted octanol–water partition coefficient (Wildman–Crippen LogP) is 3.61. The highest BCUT2D eigenvalue weighted by Crippen LogP contribution is 2.18. The van der Waals surface area contributed by atoms with Crippen LogP contribution in [0.15, 0.2) is 53.1 Å². The van der Waals surface area contributed by atoms with E-state index in [4.69, 9.17) is 9.26 Å². The second-order valence-corrected chi connectivity index (χ2v) is 6.26. The molecule has 3 rings (SSSR count). The van der Waals surface area contributed by atoms with Crippen molar-refractivity contribution in [3.05, 3.63) is 65.4 Å². The highest BCUT2D eigenvalue weighted by atomic mass is 16.5. The number of hydrogen-bond donors (Lipinski definition) is 1. The number of fused-ring (bicyclic) bond motifs is 1. The fourth-order valence-electron chi connectivity index (χ4n) is 2.50. The first-order valence-electron chi connectivity index (χ1n) is 8.41. The number of nitrogens with one attached hydrogen (secondary N) is 1. The van der Waals surface area contributed by atoms with Gasteiger partial charge in [-0.2, -0.15) is 0 Å². The van der Waals surface area contributed by atoms with Crippen molar-refractivity contribution in [2.45, 2.75) is 39.5 Å². The molecule has 0 fully saturated rings. The number of aromatic nitrogens is 1. The molecule has 0 atom stereocenters. The van der Waals surface area contributed by atoms with E-state index in [0.29, 0.717) is 24.4 Å². The molecule has 0 saturated heterocycles. The van der Waals surface area contributed by atoms with Crippen LogP contribution in [-0.4, -0.2) is 17.2 Å². The molecule has 5 heteroatoms. The quantitative estimate of drug-likeness (QED) is 0.715. The third kappa shape index (κ3) is 4.67. The van der Waals surface area contributed by atoms with E-state index in [1.165, 1.54) is 0 Å². The van der Waals surface area contributed by atoms with Gasteiger partial charge in [-0.05, 0) is 37.1 Å². The Morgan fingerprint density at radius 2 is 1.84 bits per heavy atom. The van der Waals surface area contributed by atoms with E-state index in [9.17, 15) is 4.79 Å². The lowest BCUT2D eigenvalue weighted by Crippen LogP contribution is -2.24. The van der Waals surface area contributed by atoms with Crippen molar-refractivity contribution in [2.75, 3.05) is 0 Å². The molecule has 0 spiro atoms. The number of rotatable bonds is 7. The zero-order chi connectivity index (χ0) is 17.6. The highest BCUT2D eigenvalue weighted by molar-refractivity contribution is 5.86. The maximum absolute atomic E-state index is 12.2. The molecule has 0 aliphatic heterocycles. The van der Waals surface area contributed by atoms with Crippen molar-refractivity contribution in [3.8, 4) is 0 Å². The van der Waals surface area contributed by atoms with E-state index in [0.717, 1.165) is 16.5 Å². The van der Waals surface area contributed by atoms with E-state index >= 15 is 0 Å². The molecule has 5 nitrogen and oxygen atoms in total. The largest absolute Gasteiger partial charge is 0.374 e. The molecule has 25 heavy (non-hydrogen) atoms. The molecular weight excluding hydrogens is 316 g/mol. The third-order valence-electron chi connectivity index (χ3n) is 3.88. The molecular formula is C20H22N2O3. The summed E-state index contributed by atoms with van der Waals surface area (Å²) in [6.45, 7) is 5.12. The Balaban J connectivity index is 1.52. The van der Waals surface area contributed by atoms with Gasteiger partial charge < -0.3 is 14.6 Å². The lowest BCUT2D eigenvalue weighted by molar-refractivity contribution is -0.120. The van der Waals surface area contributed by atoms with Gasteiger partial charge in [0, 0.05) is 11.9 Å². The van der Waals surface area contributed by atoms with E-state index in [1.54, 1.807) is 0 Å². The number of nitrogens with zero attached hydrogens (tertiary/aromatic N) is 1. The summed E-state index contributed by atoms with van der Waals surface area (Å²) in [5, 5.41) is 7.79. The van der Waals surface area contributed by atoms with Crippen LogP contribution in [0.1, 0.15) is 30.7 Å². The van der Waals surface area contributed by atoms with Crippen LogP contribution in [0, 0.1) is 0 Å². The van der Waals surface area contributed by atoms with Crippen molar-refractivity contribution < 1.29 is 14.1 Å². The van der Waals surface area contributed by atoms with Crippen LogP contribution in [0.3, 0.4) is 0 Å². The van der Waals surface area contributed by atoms with Gasteiger partial charge in [0.15, 0.2) is 5.58 Å². The summed E-state index contributed by atoms with van der Waals surface area (Å²) in [6.07, 6.45) is 0.420. The Morgan fingerprint density at radius 1 is 1.12 bits per heavy atom. The van der Waals surface area contributed by atoms with Gasteiger partial charge >= 0.3 is 0 Å². The lowest BCUT2D eigenvalue weighted by Gasteiger charge is -2.09. The van der Waals surface area contributed by atoms with Gasteiger partial charge in [0.2, 0.25) is 5.91 Å². The molecule has 3 aromatic rings. The number of hydrogen-bond acceptors (Lipinski definition) is 4. The standard InChI is InChI=1S/C20H22N2O3/c1-14(2)24-13-16-9-7-15(8-10-16)12-21-20(23)11-18-17-5-3-4-6-19(17)25-22-18/h3-10,14H,11-13H2,1-2H3,(H,21,23). The Hall–Kier alpha value is -2.66. The first kappa shape index (κ1) is 17.2. The molecule has 0 unspecified atom stereocenters. The smallest absolute Gasteiger partial charge is 0.226 e. The fraction of sp³-hybridized carbons (Fsp3) is 0.300. The SMILES string of the molecule is CC(C)OCc1ccc(CNC(=O)Cc2noc3ccccc23)cc1. The van der Waals surface area contributed by atoms with Crippen molar-refractivity contribution in [2.24, 2.45) is 0 Å². The number of amides is 1. The number of ether oxygens (including phenoxy) is 1. The van der Waals surface area contributed by atoms with Gasteiger partial charge in [0.05, 0.1) is 19.1 Å². The first-order valence-corrected chi connectivity index (χ1v) is 8.41. The Kier molecular flexibility index (Phi) is 5.46. The normalized spacial score (nSPS) is 11.2. The second kappa shape index (κ2) is 7.94. The fourth-order valence-corrected chi connectivity index (χ4v) is 2.50. The van der Waals surface area contributed by atoms with E-state index in [1.807, 2.05) is 62.4 Å². The number of carbonyl (C=O) groups is 1. The molecule has 0 aliphatic rings. The maximum atomic E-state index is 12.2. The summed E-state index contributed by atoms with van der Waals surface area (Å²) in [4.78, 5) is 12.2. The third-order valence-corrected chi connectivity index (χ3v) is 3.88. The molecule has 0 bridgehead atoms. The number of carbonyl (C=O) groups excluding carboxylic acids is 1. The molecule has 0 saturated carbocycles. The summed E-state index contributed by atoms with van der Waals surface area (Å²) in [6, 6.07) is 15.6. The van der Waals surface area contributed by atoms with Crippen LogP contribution < -0.4 is 5.32 Å². The Labute approximate surface area is 147 Å². The second-order valence-electron chi connectivity index (χ2n) is 6.26. The molecule has 1 heterocycles. The summed E-state index contributed by atoms with van der Waals surface area (Å²) in [7, 11) is 0. The maximum Gasteiger partial charge on any atom is 0.226 e. The average Bonchev–Trinajstić information content (AvgIpc) is 3.02. The van der Waals surface area contributed by atoms with Crippen molar-refractivity contribution in [1.29, 1.82) is 0 Å². The van der Waals surface area contributed by atoms with Crippen LogP contribution in [0.25, 0.3) is 11.0 Å². The van der Waals surface area contributed by atoms with Crippen LogP contribution >= 0.6 is 0 Å². The van der Waals surface area contributed by atoms with Gasteiger partial charge in [-0.15, -0.1) is 0 Å². The van der Waals surface area contributed by atoms with Crippen LogP contribution in [0.2, 0.25) is 0 Å². The summed E-state index contributed by atoms with van der Waals surface area (Å²) >= 11 is 0. The summed E-state index contributed by atoms with van der Waals surface area (Å²) in [5.41, 5.74) is 3.53.